The average Bonchev–Trinajstić information content (AvgIpc) is 2.73. The first-order valence-corrected chi connectivity index (χ1v) is 10.2. The Balaban J connectivity index is 1.82. The Morgan fingerprint density at radius 1 is 0.926 bits per heavy atom. The Morgan fingerprint density at radius 3 is 1.93 bits per heavy atom. The van der Waals surface area contributed by atoms with E-state index in [0.717, 1.165) is 19.5 Å². The molecular weight excluding hydrogens is 334 g/mol. The third kappa shape index (κ3) is 5.93. The van der Waals surface area contributed by atoms with Crippen molar-refractivity contribution < 1.29 is 9.53 Å². The molecule has 0 amide bonds. The first-order chi connectivity index (χ1) is 13.3. The molecule has 1 aliphatic rings. The quantitative estimate of drug-likeness (QED) is 0.602. The van der Waals surface area contributed by atoms with Crippen LogP contribution in [0.5, 0.6) is 0 Å². The summed E-state index contributed by atoms with van der Waals surface area (Å²) in [7, 11) is 1.51. The minimum Gasteiger partial charge on any atom is -0.468 e. The Hall–Kier alpha value is -2.13. The second-order valence-corrected chi connectivity index (χ2v) is 7.65. The molecule has 0 unspecified atom stereocenters. The molecule has 0 N–H and O–H groups in total. The highest BCUT2D eigenvalue weighted by molar-refractivity contribution is 5.75. The lowest BCUT2D eigenvalue weighted by molar-refractivity contribution is -0.148. The van der Waals surface area contributed by atoms with Gasteiger partial charge in [-0.3, -0.25) is 9.69 Å². The number of hydrogen-bond acceptors (Lipinski definition) is 3. The maximum atomic E-state index is 12.7. The maximum absolute atomic E-state index is 12.7. The van der Waals surface area contributed by atoms with Crippen molar-refractivity contribution >= 4 is 5.97 Å². The van der Waals surface area contributed by atoms with Crippen LogP contribution in [-0.2, 0) is 22.6 Å². The summed E-state index contributed by atoms with van der Waals surface area (Å²) < 4.78 is 5.23. The Labute approximate surface area is 163 Å². The lowest BCUT2D eigenvalue weighted by Crippen LogP contribution is -2.42. The summed E-state index contributed by atoms with van der Waals surface area (Å²) >= 11 is 0. The fourth-order valence-corrected chi connectivity index (χ4v) is 4.18. The molecule has 2 aromatic rings. The van der Waals surface area contributed by atoms with Gasteiger partial charge >= 0.3 is 5.97 Å². The second-order valence-electron chi connectivity index (χ2n) is 7.65. The number of ether oxygens (including phenoxy) is 1. The number of carbonyl (C=O) groups is 1. The van der Waals surface area contributed by atoms with Gasteiger partial charge in [0.25, 0.3) is 0 Å². The van der Waals surface area contributed by atoms with Crippen LogP contribution in [0.2, 0.25) is 0 Å². The van der Waals surface area contributed by atoms with E-state index in [4.69, 9.17) is 4.74 Å². The van der Waals surface area contributed by atoms with E-state index in [1.165, 1.54) is 50.3 Å². The molecule has 1 fully saturated rings. The van der Waals surface area contributed by atoms with Crippen molar-refractivity contribution in [3.63, 3.8) is 0 Å². The summed E-state index contributed by atoms with van der Waals surface area (Å²) in [6.45, 7) is 1.50. The summed E-state index contributed by atoms with van der Waals surface area (Å²) in [4.78, 5) is 15.0. The van der Waals surface area contributed by atoms with Gasteiger partial charge in [0.15, 0.2) is 0 Å². The van der Waals surface area contributed by atoms with Crippen LogP contribution < -0.4 is 0 Å². The van der Waals surface area contributed by atoms with Crippen molar-refractivity contribution in [1.82, 2.24) is 4.90 Å². The van der Waals surface area contributed by atoms with E-state index in [2.05, 4.69) is 53.4 Å². The minimum absolute atomic E-state index is 0.104. The zero-order chi connectivity index (χ0) is 18.9. The minimum atomic E-state index is -0.196. The molecule has 3 heteroatoms. The highest BCUT2D eigenvalue weighted by Crippen LogP contribution is 2.30. The molecule has 3 nitrogen and oxygen atoms in total. The molecule has 144 valence electrons. The van der Waals surface area contributed by atoms with Gasteiger partial charge in [0.2, 0.25) is 0 Å². The molecule has 0 saturated heterocycles. The lowest BCUT2D eigenvalue weighted by atomic mass is 9.84. The van der Waals surface area contributed by atoms with Gasteiger partial charge < -0.3 is 4.74 Å². The molecule has 2 aromatic carbocycles. The molecule has 0 spiro atoms. The lowest BCUT2D eigenvalue weighted by Gasteiger charge is -2.33. The van der Waals surface area contributed by atoms with Gasteiger partial charge in [-0.2, -0.15) is 0 Å². The van der Waals surface area contributed by atoms with Crippen molar-refractivity contribution in [2.24, 2.45) is 5.92 Å². The smallest absolute Gasteiger partial charge is 0.323 e. The van der Waals surface area contributed by atoms with Crippen LogP contribution in [0.3, 0.4) is 0 Å². The van der Waals surface area contributed by atoms with Crippen LogP contribution in [0.15, 0.2) is 60.7 Å². The Morgan fingerprint density at radius 2 is 1.44 bits per heavy atom. The molecule has 0 aromatic heterocycles. The van der Waals surface area contributed by atoms with Crippen molar-refractivity contribution in [1.29, 1.82) is 0 Å². The monoisotopic (exact) mass is 365 g/mol. The predicted octanol–water partition coefficient (Wildman–Crippen LogP) is 5.20. The SMILES string of the molecule is COC(=O)[C@@H](CC1CCCCC1)N(Cc1ccccc1)Cc1ccccc1. The summed E-state index contributed by atoms with van der Waals surface area (Å²) in [5, 5.41) is 0. The van der Waals surface area contributed by atoms with E-state index in [1.54, 1.807) is 0 Å². The first-order valence-electron chi connectivity index (χ1n) is 10.2. The van der Waals surface area contributed by atoms with E-state index in [0.29, 0.717) is 5.92 Å². The number of carbonyl (C=O) groups excluding carboxylic acids is 1. The highest BCUT2D eigenvalue weighted by atomic mass is 16.5. The van der Waals surface area contributed by atoms with Crippen LogP contribution in [0, 0.1) is 5.92 Å². The van der Waals surface area contributed by atoms with Crippen molar-refractivity contribution in [3.8, 4) is 0 Å². The molecule has 3 rings (SSSR count). The molecule has 27 heavy (non-hydrogen) atoms. The molecule has 1 atom stereocenters. The van der Waals surface area contributed by atoms with E-state index in [1.807, 2.05) is 12.1 Å². The Bertz CT molecular complexity index is 639. The standard InChI is InChI=1S/C24H31NO2/c1-27-24(26)23(17-20-11-5-2-6-12-20)25(18-21-13-7-3-8-14-21)19-22-15-9-4-10-16-22/h3-4,7-10,13-16,20,23H,2,5-6,11-12,17-19H2,1H3/t23-/m1/s1. The maximum Gasteiger partial charge on any atom is 0.323 e. The second kappa shape index (κ2) is 10.3. The van der Waals surface area contributed by atoms with Crippen LogP contribution in [-0.4, -0.2) is 24.0 Å². The normalized spacial score (nSPS) is 16.2. The van der Waals surface area contributed by atoms with Crippen LogP contribution in [0.4, 0.5) is 0 Å². The predicted molar refractivity (Wildman–Crippen MR) is 109 cm³/mol. The molecule has 1 saturated carbocycles. The fraction of sp³-hybridized carbons (Fsp3) is 0.458. The average molecular weight is 366 g/mol. The van der Waals surface area contributed by atoms with E-state index in [9.17, 15) is 4.79 Å². The third-order valence-corrected chi connectivity index (χ3v) is 5.65. The number of benzene rings is 2. The van der Waals surface area contributed by atoms with Gasteiger partial charge in [0.1, 0.15) is 6.04 Å². The molecule has 0 heterocycles. The number of hydrogen-bond donors (Lipinski definition) is 0. The van der Waals surface area contributed by atoms with E-state index < -0.39 is 0 Å². The summed E-state index contributed by atoms with van der Waals surface area (Å²) in [5.74, 6) is 0.518. The van der Waals surface area contributed by atoms with Gasteiger partial charge in [0.05, 0.1) is 7.11 Å². The van der Waals surface area contributed by atoms with Gasteiger partial charge in [-0.05, 0) is 23.5 Å². The van der Waals surface area contributed by atoms with Gasteiger partial charge in [-0.1, -0.05) is 92.8 Å². The van der Waals surface area contributed by atoms with Crippen LogP contribution >= 0.6 is 0 Å². The summed E-state index contributed by atoms with van der Waals surface area (Å²) in [6, 6.07) is 20.6. The molecular formula is C24H31NO2. The summed E-state index contributed by atoms with van der Waals surface area (Å²) in [6.07, 6.45) is 7.27. The van der Waals surface area contributed by atoms with Crippen LogP contribution in [0.25, 0.3) is 0 Å². The van der Waals surface area contributed by atoms with Gasteiger partial charge in [0, 0.05) is 13.1 Å². The third-order valence-electron chi connectivity index (χ3n) is 5.65. The summed E-state index contributed by atoms with van der Waals surface area (Å²) in [5.41, 5.74) is 2.46. The number of esters is 1. The molecule has 0 aliphatic heterocycles. The van der Waals surface area contributed by atoms with Gasteiger partial charge in [-0.15, -0.1) is 0 Å². The molecule has 0 bridgehead atoms. The van der Waals surface area contributed by atoms with E-state index >= 15 is 0 Å². The molecule has 0 radical (unpaired) electrons. The van der Waals surface area contributed by atoms with Crippen molar-refractivity contribution in [3.05, 3.63) is 71.8 Å². The first kappa shape index (κ1) is 19.6. The highest BCUT2D eigenvalue weighted by Gasteiger charge is 2.30. The zero-order valence-electron chi connectivity index (χ0n) is 16.3. The fourth-order valence-electron chi connectivity index (χ4n) is 4.18. The molecule has 1 aliphatic carbocycles. The van der Waals surface area contributed by atoms with Crippen molar-refractivity contribution in [2.75, 3.05) is 7.11 Å². The number of rotatable bonds is 8. The van der Waals surface area contributed by atoms with Gasteiger partial charge in [-0.25, -0.2) is 0 Å². The van der Waals surface area contributed by atoms with Crippen LogP contribution in [0.1, 0.15) is 49.7 Å². The Kier molecular flexibility index (Phi) is 7.46. The number of methoxy groups -OCH3 is 1. The topological polar surface area (TPSA) is 29.5 Å². The van der Waals surface area contributed by atoms with E-state index in [-0.39, 0.29) is 12.0 Å². The number of nitrogens with zero attached hydrogens (tertiary/aromatic N) is 1. The van der Waals surface area contributed by atoms with Crippen molar-refractivity contribution in [2.45, 2.75) is 57.7 Å². The largest absolute Gasteiger partial charge is 0.468 e. The zero-order valence-corrected chi connectivity index (χ0v) is 16.3.